The van der Waals surface area contributed by atoms with E-state index in [0.29, 0.717) is 63.3 Å². The van der Waals surface area contributed by atoms with Gasteiger partial charge in [0.15, 0.2) is 0 Å². The molecule has 28 heavy (non-hydrogen) atoms. The number of halogens is 2. The lowest BCUT2D eigenvalue weighted by Gasteiger charge is -2.29. The van der Waals surface area contributed by atoms with E-state index >= 15 is 0 Å². The van der Waals surface area contributed by atoms with E-state index in [-0.39, 0.29) is 18.3 Å². The molecule has 2 aliphatic heterocycles. The summed E-state index contributed by atoms with van der Waals surface area (Å²) in [4.78, 5) is 14.8. The summed E-state index contributed by atoms with van der Waals surface area (Å²) in [5.41, 5.74) is 0.991. The van der Waals surface area contributed by atoms with Crippen molar-refractivity contribution in [2.24, 2.45) is 0 Å². The van der Waals surface area contributed by atoms with E-state index in [9.17, 15) is 18.7 Å². The maximum Gasteiger partial charge on any atom is 0.410 e. The van der Waals surface area contributed by atoms with Crippen LogP contribution >= 0.6 is 0 Å². The Hall–Kier alpha value is -2.22. The van der Waals surface area contributed by atoms with Crippen LogP contribution in [-0.4, -0.2) is 60.2 Å². The molecule has 0 saturated carbocycles. The Morgan fingerprint density at radius 3 is 2.36 bits per heavy atom. The number of carbonyl (C=O) groups is 1. The van der Waals surface area contributed by atoms with Crippen molar-refractivity contribution in [3.05, 3.63) is 29.8 Å². The molecular formula is C20H29F2N3O3. The minimum atomic E-state index is -0.424. The van der Waals surface area contributed by atoms with E-state index in [2.05, 4.69) is 0 Å². The second kappa shape index (κ2) is 10.4. The molecule has 2 aliphatic rings. The third kappa shape index (κ3) is 6.74. The molecular weight excluding hydrogens is 368 g/mol. The van der Waals surface area contributed by atoms with Gasteiger partial charge in [0.2, 0.25) is 0 Å². The lowest BCUT2D eigenvalue weighted by molar-refractivity contribution is 0.0457. The van der Waals surface area contributed by atoms with Crippen molar-refractivity contribution in [2.45, 2.75) is 51.7 Å². The Kier molecular flexibility index (Phi) is 8.17. The highest BCUT2D eigenvalue weighted by molar-refractivity contribution is 5.83. The van der Waals surface area contributed by atoms with Gasteiger partial charge < -0.3 is 25.1 Å². The van der Waals surface area contributed by atoms with Crippen molar-refractivity contribution < 1.29 is 23.4 Å². The smallest absolute Gasteiger partial charge is 0.410 e. The van der Waals surface area contributed by atoms with E-state index in [1.807, 2.05) is 13.8 Å². The Balaban J connectivity index is 0.000000203. The Morgan fingerprint density at radius 1 is 1.18 bits per heavy atom. The van der Waals surface area contributed by atoms with Gasteiger partial charge in [0.05, 0.1) is 17.9 Å². The van der Waals surface area contributed by atoms with Gasteiger partial charge in [0.1, 0.15) is 11.6 Å². The summed E-state index contributed by atoms with van der Waals surface area (Å²) < 4.78 is 31.4. The summed E-state index contributed by atoms with van der Waals surface area (Å²) in [6.07, 6.45) is 2.01. The average molecular weight is 397 g/mol. The first-order chi connectivity index (χ1) is 13.3. The van der Waals surface area contributed by atoms with Crippen LogP contribution in [-0.2, 0) is 4.74 Å². The fraction of sp³-hybridized carbons (Fsp3) is 0.600. The Morgan fingerprint density at radius 2 is 1.79 bits per heavy atom. The van der Waals surface area contributed by atoms with Crippen LogP contribution in [0.1, 0.15) is 39.5 Å². The number of nitrogens with one attached hydrogen (secondary N) is 1. The number of aliphatic hydroxyl groups is 1. The maximum absolute atomic E-state index is 13.4. The number of piperidine rings is 2. The number of amides is 1. The lowest BCUT2D eigenvalue weighted by atomic mass is 10.1. The zero-order chi connectivity index (χ0) is 20.7. The first-order valence-electron chi connectivity index (χ1n) is 9.66. The molecule has 1 amide bonds. The van der Waals surface area contributed by atoms with E-state index < -0.39 is 11.6 Å². The number of ether oxygens (including phenoxy) is 1. The molecule has 2 N–H and O–H groups in total. The number of aliphatic hydroxyl groups excluding tert-OH is 1. The molecule has 2 fully saturated rings. The number of benzene rings is 1. The summed E-state index contributed by atoms with van der Waals surface area (Å²) in [6.45, 7) is 6.06. The lowest BCUT2D eigenvalue weighted by Crippen LogP contribution is -2.41. The van der Waals surface area contributed by atoms with Crippen LogP contribution in [0.5, 0.6) is 0 Å². The molecule has 0 radical (unpaired) electrons. The second-order valence-corrected chi connectivity index (χ2v) is 7.34. The van der Waals surface area contributed by atoms with Gasteiger partial charge in [0, 0.05) is 50.8 Å². The SMILES string of the molecule is CC(C)OC(=O)N1CCC(O)CC1.N=C1CCN(c2cc(F)ccc2F)CC1. The van der Waals surface area contributed by atoms with Crippen molar-refractivity contribution in [1.82, 2.24) is 4.90 Å². The summed E-state index contributed by atoms with van der Waals surface area (Å²) in [5.74, 6) is -0.822. The van der Waals surface area contributed by atoms with Gasteiger partial charge in [0.25, 0.3) is 0 Å². The summed E-state index contributed by atoms with van der Waals surface area (Å²) >= 11 is 0. The van der Waals surface area contributed by atoms with Gasteiger partial charge in [-0.25, -0.2) is 13.6 Å². The molecule has 0 aliphatic carbocycles. The van der Waals surface area contributed by atoms with Crippen LogP contribution in [0, 0.1) is 17.0 Å². The standard InChI is InChI=1S/C11H12F2N2.C9H17NO3/c12-8-1-2-10(13)11(7-8)15-5-3-9(14)4-6-15;1-7(2)13-9(12)10-5-3-8(11)4-6-10/h1-2,7,14H,3-6H2;7-8,11H,3-6H2,1-2H3. The van der Waals surface area contributed by atoms with Gasteiger partial charge in [-0.15, -0.1) is 0 Å². The van der Waals surface area contributed by atoms with Gasteiger partial charge >= 0.3 is 6.09 Å². The molecule has 2 heterocycles. The summed E-state index contributed by atoms with van der Waals surface area (Å²) in [5, 5.41) is 16.7. The van der Waals surface area contributed by atoms with Crippen molar-refractivity contribution >= 4 is 17.5 Å². The van der Waals surface area contributed by atoms with Crippen LogP contribution in [0.3, 0.4) is 0 Å². The molecule has 1 aromatic carbocycles. The van der Waals surface area contributed by atoms with Gasteiger partial charge in [-0.2, -0.15) is 0 Å². The van der Waals surface area contributed by atoms with Crippen LogP contribution in [0.15, 0.2) is 18.2 Å². The van der Waals surface area contributed by atoms with Crippen molar-refractivity contribution in [3.8, 4) is 0 Å². The normalized spacial score (nSPS) is 18.0. The number of carbonyl (C=O) groups excluding carboxylic acids is 1. The fourth-order valence-electron chi connectivity index (χ4n) is 3.07. The number of hydrogen-bond donors (Lipinski definition) is 2. The molecule has 0 spiro atoms. The number of nitrogens with zero attached hydrogens (tertiary/aromatic N) is 2. The van der Waals surface area contributed by atoms with Crippen LogP contribution in [0.4, 0.5) is 19.3 Å². The predicted molar refractivity (Wildman–Crippen MR) is 104 cm³/mol. The molecule has 0 bridgehead atoms. The second-order valence-electron chi connectivity index (χ2n) is 7.34. The molecule has 8 heteroatoms. The van der Waals surface area contributed by atoms with Gasteiger partial charge in [-0.1, -0.05) is 0 Å². The minimum Gasteiger partial charge on any atom is -0.447 e. The predicted octanol–water partition coefficient (Wildman–Crippen LogP) is 3.57. The Labute approximate surface area is 164 Å². The van der Waals surface area contributed by atoms with E-state index in [0.717, 1.165) is 12.1 Å². The summed E-state index contributed by atoms with van der Waals surface area (Å²) in [7, 11) is 0. The highest BCUT2D eigenvalue weighted by Gasteiger charge is 2.22. The topological polar surface area (TPSA) is 76.9 Å². The summed E-state index contributed by atoms with van der Waals surface area (Å²) in [6, 6.07) is 3.47. The number of hydrogen-bond acceptors (Lipinski definition) is 5. The highest BCUT2D eigenvalue weighted by Crippen LogP contribution is 2.23. The van der Waals surface area contributed by atoms with Crippen molar-refractivity contribution in [2.75, 3.05) is 31.1 Å². The number of likely N-dealkylation sites (tertiary alicyclic amines) is 1. The average Bonchev–Trinajstić information content (AvgIpc) is 2.65. The first kappa shape index (κ1) is 22.1. The maximum atomic E-state index is 13.4. The van der Waals surface area contributed by atoms with Crippen LogP contribution < -0.4 is 4.90 Å². The fourth-order valence-corrected chi connectivity index (χ4v) is 3.07. The number of rotatable bonds is 2. The molecule has 156 valence electrons. The quantitative estimate of drug-likeness (QED) is 0.800. The van der Waals surface area contributed by atoms with Crippen LogP contribution in [0.2, 0.25) is 0 Å². The minimum absolute atomic E-state index is 0.0700. The van der Waals surface area contributed by atoms with Gasteiger partial charge in [-0.3, -0.25) is 0 Å². The van der Waals surface area contributed by atoms with Crippen LogP contribution in [0.25, 0.3) is 0 Å². The zero-order valence-electron chi connectivity index (χ0n) is 16.5. The molecule has 0 aromatic heterocycles. The molecule has 2 saturated heterocycles. The highest BCUT2D eigenvalue weighted by atomic mass is 19.1. The first-order valence-corrected chi connectivity index (χ1v) is 9.66. The van der Waals surface area contributed by atoms with Crippen molar-refractivity contribution in [1.29, 1.82) is 5.41 Å². The van der Waals surface area contributed by atoms with Crippen molar-refractivity contribution in [3.63, 3.8) is 0 Å². The molecule has 3 rings (SSSR count). The zero-order valence-corrected chi connectivity index (χ0v) is 16.5. The monoisotopic (exact) mass is 397 g/mol. The Bertz CT molecular complexity index is 667. The largest absolute Gasteiger partial charge is 0.447 e. The van der Waals surface area contributed by atoms with E-state index in [4.69, 9.17) is 10.1 Å². The van der Waals surface area contributed by atoms with Gasteiger partial charge in [-0.05, 0) is 38.8 Å². The third-order valence-corrected chi connectivity index (χ3v) is 4.68. The molecule has 1 aromatic rings. The number of anilines is 1. The van der Waals surface area contributed by atoms with E-state index in [1.165, 1.54) is 6.07 Å². The third-order valence-electron chi connectivity index (χ3n) is 4.68. The molecule has 0 atom stereocenters. The molecule has 0 unspecified atom stereocenters. The molecule has 6 nitrogen and oxygen atoms in total. The van der Waals surface area contributed by atoms with E-state index in [1.54, 1.807) is 9.80 Å².